The minimum atomic E-state index is -1.25. The molecular formula is C22H30N2O5. The Morgan fingerprint density at radius 3 is 2.00 bits per heavy atom. The maximum Gasteiger partial charge on any atom is 0.417 e. The van der Waals surface area contributed by atoms with Crippen molar-refractivity contribution in [2.45, 2.75) is 82.7 Å². The third kappa shape index (κ3) is 3.00. The van der Waals surface area contributed by atoms with Crippen molar-refractivity contribution in [2.24, 2.45) is 23.2 Å². The molecule has 0 spiro atoms. The molecule has 5 aliphatic rings. The summed E-state index contributed by atoms with van der Waals surface area (Å²) in [5.74, 6) is 0.721. The van der Waals surface area contributed by atoms with Gasteiger partial charge in [-0.05, 0) is 69.1 Å². The Hall–Kier alpha value is -1.89. The molecule has 1 aromatic heterocycles. The number of aromatic carboxylic acids is 1. The fraction of sp³-hybridized carbons (Fsp3) is 0.773. The zero-order chi connectivity index (χ0) is 20.3. The third-order valence-electron chi connectivity index (χ3n) is 8.23. The van der Waals surface area contributed by atoms with Gasteiger partial charge in [0.1, 0.15) is 11.9 Å². The first-order valence-corrected chi connectivity index (χ1v) is 11.1. The smallest absolute Gasteiger partial charge is 0.417 e. The number of carbonyl (C=O) groups is 2. The van der Waals surface area contributed by atoms with Gasteiger partial charge >= 0.3 is 12.1 Å². The van der Waals surface area contributed by atoms with Gasteiger partial charge in [0.25, 0.3) is 0 Å². The van der Waals surface area contributed by atoms with Gasteiger partial charge in [-0.25, -0.2) is 19.1 Å². The van der Waals surface area contributed by atoms with Gasteiger partial charge in [0, 0.05) is 11.3 Å². The molecule has 0 saturated heterocycles. The van der Waals surface area contributed by atoms with Crippen LogP contribution in [0.3, 0.4) is 0 Å². The molecule has 5 aliphatic carbocycles. The topological polar surface area (TPSA) is 113 Å². The Balaban J connectivity index is 1.60. The maximum absolute atomic E-state index is 12.3. The van der Waals surface area contributed by atoms with E-state index < -0.39 is 23.6 Å². The van der Waals surface area contributed by atoms with E-state index in [2.05, 4.69) is 4.98 Å². The summed E-state index contributed by atoms with van der Waals surface area (Å²) >= 11 is 0. The number of carboxylic acids is 1. The van der Waals surface area contributed by atoms with Crippen molar-refractivity contribution in [3.8, 4) is 0 Å². The Kier molecular flexibility index (Phi) is 4.49. The predicted molar refractivity (Wildman–Crippen MR) is 104 cm³/mol. The van der Waals surface area contributed by atoms with Crippen LogP contribution in [-0.4, -0.2) is 36.9 Å². The summed E-state index contributed by atoms with van der Waals surface area (Å²) in [7, 11) is 0. The summed E-state index contributed by atoms with van der Waals surface area (Å²) in [6.07, 6.45) is 8.58. The number of carboxylic acid groups (broad SMARTS) is 2. The number of nitrogens with zero attached hydrogens (tertiary/aromatic N) is 2. The quantitative estimate of drug-likeness (QED) is 0.688. The van der Waals surface area contributed by atoms with Crippen molar-refractivity contribution in [3.05, 3.63) is 17.2 Å². The van der Waals surface area contributed by atoms with Crippen molar-refractivity contribution in [1.82, 2.24) is 9.55 Å². The van der Waals surface area contributed by atoms with Crippen molar-refractivity contribution >= 4 is 12.1 Å². The second-order valence-electron chi connectivity index (χ2n) is 10.1. The second kappa shape index (κ2) is 6.83. The molecule has 3 N–H and O–H groups in total. The molecule has 4 bridgehead atoms. The molecular weight excluding hydrogens is 372 g/mol. The zero-order valence-electron chi connectivity index (χ0n) is 16.7. The first-order valence-electron chi connectivity index (χ1n) is 11.1. The van der Waals surface area contributed by atoms with Gasteiger partial charge in [0.15, 0.2) is 5.69 Å². The monoisotopic (exact) mass is 402 g/mol. The van der Waals surface area contributed by atoms with E-state index in [4.69, 9.17) is 0 Å². The highest BCUT2D eigenvalue weighted by atomic mass is 16.4. The molecule has 0 aromatic carbocycles. The van der Waals surface area contributed by atoms with Gasteiger partial charge in [0.05, 0.1) is 5.69 Å². The summed E-state index contributed by atoms with van der Waals surface area (Å²) in [5, 5.41) is 31.4. The summed E-state index contributed by atoms with van der Waals surface area (Å²) in [4.78, 5) is 28.6. The van der Waals surface area contributed by atoms with Crippen molar-refractivity contribution < 1.29 is 24.9 Å². The third-order valence-corrected chi connectivity index (χ3v) is 8.23. The maximum atomic E-state index is 12.3. The van der Waals surface area contributed by atoms with E-state index in [1.165, 1.54) is 19.3 Å². The van der Waals surface area contributed by atoms with Crippen LogP contribution >= 0.6 is 0 Å². The fourth-order valence-electron chi connectivity index (χ4n) is 7.50. The molecule has 1 atom stereocenters. The minimum absolute atomic E-state index is 0.00697. The van der Waals surface area contributed by atoms with Gasteiger partial charge in [-0.2, -0.15) is 0 Å². The van der Waals surface area contributed by atoms with E-state index in [0.29, 0.717) is 23.6 Å². The molecule has 0 radical (unpaired) electrons. The standard InChI is InChI=1S/C22H30N2O5/c25-18(22-9-12-6-13(10-22)8-14(7-12)11-22)17-16(20(26)27)23-19(24(17)21(28)29)15-4-2-1-3-5-15/h12-15,18,25H,1-11H2,(H,26,27)(H,28,29). The van der Waals surface area contributed by atoms with E-state index in [1.54, 1.807) is 0 Å². The largest absolute Gasteiger partial charge is 0.476 e. The molecule has 7 nitrogen and oxygen atoms in total. The molecule has 0 amide bonds. The van der Waals surface area contributed by atoms with Crippen LogP contribution in [0.25, 0.3) is 0 Å². The second-order valence-corrected chi connectivity index (χ2v) is 10.1. The Morgan fingerprint density at radius 2 is 1.52 bits per heavy atom. The van der Waals surface area contributed by atoms with E-state index in [9.17, 15) is 24.9 Å². The summed E-state index contributed by atoms with van der Waals surface area (Å²) in [6, 6.07) is 0. The molecule has 5 fully saturated rings. The number of aromatic nitrogens is 2. The van der Waals surface area contributed by atoms with Gasteiger partial charge < -0.3 is 15.3 Å². The average molecular weight is 402 g/mol. The molecule has 29 heavy (non-hydrogen) atoms. The van der Waals surface area contributed by atoms with E-state index in [-0.39, 0.29) is 17.3 Å². The van der Waals surface area contributed by atoms with Crippen LogP contribution in [-0.2, 0) is 0 Å². The van der Waals surface area contributed by atoms with Crippen LogP contribution in [0.5, 0.6) is 0 Å². The number of hydrogen-bond donors (Lipinski definition) is 3. The summed E-state index contributed by atoms with van der Waals surface area (Å²) in [5.41, 5.74) is -0.667. The van der Waals surface area contributed by atoms with E-state index >= 15 is 0 Å². The van der Waals surface area contributed by atoms with Crippen molar-refractivity contribution in [3.63, 3.8) is 0 Å². The first kappa shape index (κ1) is 19.1. The predicted octanol–water partition coefficient (Wildman–Crippen LogP) is 4.40. The number of aliphatic hydroxyl groups is 1. The first-order chi connectivity index (χ1) is 13.9. The molecule has 7 heteroatoms. The van der Waals surface area contributed by atoms with Crippen LogP contribution in [0.2, 0.25) is 0 Å². The number of imidazole rings is 1. The molecule has 6 rings (SSSR count). The van der Waals surface area contributed by atoms with Gasteiger partial charge in [-0.15, -0.1) is 0 Å². The zero-order valence-corrected chi connectivity index (χ0v) is 16.7. The molecule has 0 aliphatic heterocycles. The number of aliphatic hydroxyl groups excluding tert-OH is 1. The highest BCUT2D eigenvalue weighted by Crippen LogP contribution is 2.64. The SMILES string of the molecule is O=C(O)c1nc(C2CCCCC2)n(C(=O)O)c1C(O)C12CC3CC(CC(C3)C1)C2. The van der Waals surface area contributed by atoms with Gasteiger partial charge in [0.2, 0.25) is 0 Å². The van der Waals surface area contributed by atoms with Crippen LogP contribution in [0.15, 0.2) is 0 Å². The molecule has 1 heterocycles. The summed E-state index contributed by atoms with van der Waals surface area (Å²) in [6.45, 7) is 0. The summed E-state index contributed by atoms with van der Waals surface area (Å²) < 4.78 is 1.04. The lowest BCUT2D eigenvalue weighted by molar-refractivity contribution is -0.124. The molecule has 158 valence electrons. The Labute approximate surface area is 170 Å². The average Bonchev–Trinajstić information content (AvgIpc) is 3.08. The van der Waals surface area contributed by atoms with E-state index in [0.717, 1.165) is 55.9 Å². The lowest BCUT2D eigenvalue weighted by atomic mass is 9.48. The van der Waals surface area contributed by atoms with Crippen LogP contribution < -0.4 is 0 Å². The molecule has 1 unspecified atom stereocenters. The van der Waals surface area contributed by atoms with Crippen LogP contribution in [0.1, 0.15) is 105 Å². The highest BCUT2D eigenvalue weighted by molar-refractivity contribution is 5.89. The molecule has 1 aromatic rings. The normalized spacial score (nSPS) is 35.0. The lowest BCUT2D eigenvalue weighted by Gasteiger charge is -2.58. The fourth-order valence-corrected chi connectivity index (χ4v) is 7.50. The van der Waals surface area contributed by atoms with Gasteiger partial charge in [-0.1, -0.05) is 19.3 Å². The highest BCUT2D eigenvalue weighted by Gasteiger charge is 2.56. The van der Waals surface area contributed by atoms with Crippen LogP contribution in [0, 0.1) is 23.2 Å². The van der Waals surface area contributed by atoms with Crippen LogP contribution in [0.4, 0.5) is 4.79 Å². The number of rotatable bonds is 4. The Morgan fingerprint density at radius 1 is 0.966 bits per heavy atom. The van der Waals surface area contributed by atoms with E-state index in [1.807, 2.05) is 0 Å². The lowest BCUT2D eigenvalue weighted by Crippen LogP contribution is -2.49. The number of hydrogen-bond acceptors (Lipinski definition) is 4. The van der Waals surface area contributed by atoms with Crippen molar-refractivity contribution in [2.75, 3.05) is 0 Å². The van der Waals surface area contributed by atoms with Gasteiger partial charge in [-0.3, -0.25) is 0 Å². The van der Waals surface area contributed by atoms with Crippen molar-refractivity contribution in [1.29, 1.82) is 0 Å². The minimum Gasteiger partial charge on any atom is -0.476 e. The Bertz CT molecular complexity index is 803. The molecule has 5 saturated carbocycles.